The number of aryl methyl sites for hydroxylation is 1. The van der Waals surface area contributed by atoms with Crippen molar-refractivity contribution in [3.05, 3.63) is 47.9 Å². The highest BCUT2D eigenvalue weighted by Crippen LogP contribution is 2.31. The maximum absolute atomic E-state index is 12.3. The zero-order valence-corrected chi connectivity index (χ0v) is 12.4. The Morgan fingerprint density at radius 1 is 1.45 bits per heavy atom. The molecule has 0 bridgehead atoms. The van der Waals surface area contributed by atoms with Gasteiger partial charge in [0, 0.05) is 24.4 Å². The highest BCUT2D eigenvalue weighted by molar-refractivity contribution is 5.92. The molecule has 0 spiro atoms. The number of carbonyl (C=O) groups is 1. The average Bonchev–Trinajstić information content (AvgIpc) is 2.91. The van der Waals surface area contributed by atoms with Crippen LogP contribution in [0.1, 0.15) is 34.8 Å². The predicted molar refractivity (Wildman–Crippen MR) is 79.2 cm³/mol. The van der Waals surface area contributed by atoms with Crippen molar-refractivity contribution < 1.29 is 14.3 Å². The lowest BCUT2D eigenvalue weighted by atomic mass is 9.76. The Balaban J connectivity index is 1.71. The highest BCUT2D eigenvalue weighted by atomic mass is 16.3. The lowest BCUT2D eigenvalue weighted by Gasteiger charge is -2.37. The number of nitrogens with one attached hydrogen (secondary N) is 1. The summed E-state index contributed by atoms with van der Waals surface area (Å²) < 4.78 is 5.14. The van der Waals surface area contributed by atoms with Crippen molar-refractivity contribution in [1.82, 2.24) is 15.3 Å². The predicted octanol–water partition coefficient (Wildman–Crippen LogP) is 1.49. The molecule has 1 fully saturated rings. The van der Waals surface area contributed by atoms with Crippen molar-refractivity contribution >= 4 is 5.91 Å². The van der Waals surface area contributed by atoms with E-state index in [4.69, 9.17) is 4.42 Å². The molecule has 0 radical (unpaired) electrons. The molecule has 1 aliphatic rings. The highest BCUT2D eigenvalue weighted by Gasteiger charge is 2.35. The Bertz CT molecular complexity index is 635. The molecule has 6 heteroatoms. The van der Waals surface area contributed by atoms with E-state index in [1.807, 2.05) is 18.2 Å². The van der Waals surface area contributed by atoms with Crippen molar-refractivity contribution in [3.8, 4) is 0 Å². The monoisotopic (exact) mass is 301 g/mol. The summed E-state index contributed by atoms with van der Waals surface area (Å²) in [4.78, 5) is 20.6. The minimum atomic E-state index is -0.266. The Hall–Kier alpha value is -2.21. The summed E-state index contributed by atoms with van der Waals surface area (Å²) in [5, 5.41) is 12.5. The first kappa shape index (κ1) is 14.7. The van der Waals surface area contributed by atoms with Gasteiger partial charge in [0.25, 0.3) is 5.91 Å². The number of nitrogens with zero attached hydrogens (tertiary/aromatic N) is 2. The van der Waals surface area contributed by atoms with Crippen LogP contribution in [-0.2, 0) is 6.42 Å². The number of hydrogen-bond acceptors (Lipinski definition) is 5. The van der Waals surface area contributed by atoms with Crippen molar-refractivity contribution in [3.63, 3.8) is 0 Å². The summed E-state index contributed by atoms with van der Waals surface area (Å²) in [5.41, 5.74) is 1.49. The topological polar surface area (TPSA) is 88.3 Å². The smallest absolute Gasteiger partial charge is 0.289 e. The molecule has 1 atom stereocenters. The van der Waals surface area contributed by atoms with Gasteiger partial charge < -0.3 is 14.8 Å². The average molecular weight is 301 g/mol. The summed E-state index contributed by atoms with van der Waals surface area (Å²) in [5.74, 6) is 0.229. The number of hydrogen-bond donors (Lipinski definition) is 2. The lowest BCUT2D eigenvalue weighted by Crippen LogP contribution is -2.48. The van der Waals surface area contributed by atoms with Crippen molar-refractivity contribution in [2.75, 3.05) is 0 Å². The van der Waals surface area contributed by atoms with Gasteiger partial charge in [-0.05, 0) is 37.8 Å². The lowest BCUT2D eigenvalue weighted by molar-refractivity contribution is 0.0235. The van der Waals surface area contributed by atoms with Crippen LogP contribution in [0.25, 0.3) is 0 Å². The molecule has 2 aromatic heterocycles. The maximum Gasteiger partial charge on any atom is 0.289 e. The van der Waals surface area contributed by atoms with Crippen LogP contribution in [0.2, 0.25) is 0 Å². The maximum atomic E-state index is 12.3. The molecule has 2 heterocycles. The minimum Gasteiger partial charge on any atom is -0.438 e. The van der Waals surface area contributed by atoms with Gasteiger partial charge in [0.1, 0.15) is 0 Å². The number of pyridine rings is 1. The van der Waals surface area contributed by atoms with Crippen LogP contribution in [0.5, 0.6) is 0 Å². The van der Waals surface area contributed by atoms with E-state index < -0.39 is 0 Å². The normalized spacial score (nSPS) is 21.9. The third kappa shape index (κ3) is 3.17. The molecule has 2 N–H and O–H groups in total. The van der Waals surface area contributed by atoms with Crippen LogP contribution in [-0.4, -0.2) is 33.1 Å². The number of aliphatic hydroxyl groups is 1. The van der Waals surface area contributed by atoms with Gasteiger partial charge in [0.05, 0.1) is 11.8 Å². The van der Waals surface area contributed by atoms with Gasteiger partial charge >= 0.3 is 0 Å². The third-order valence-electron chi connectivity index (χ3n) is 4.14. The first-order valence-electron chi connectivity index (χ1n) is 7.42. The molecule has 116 valence electrons. The Kier molecular flexibility index (Phi) is 4.20. The van der Waals surface area contributed by atoms with Crippen LogP contribution in [0.15, 0.2) is 35.2 Å². The van der Waals surface area contributed by atoms with Gasteiger partial charge in [-0.15, -0.1) is 0 Å². The number of carbonyl (C=O) groups excluding carboxylic acids is 1. The number of amides is 1. The zero-order chi connectivity index (χ0) is 15.5. The summed E-state index contributed by atoms with van der Waals surface area (Å²) in [6.07, 6.45) is 4.78. The number of oxazole rings is 1. The van der Waals surface area contributed by atoms with Gasteiger partial charge in [-0.3, -0.25) is 9.78 Å². The number of aromatic nitrogens is 2. The third-order valence-corrected chi connectivity index (χ3v) is 4.14. The van der Waals surface area contributed by atoms with Gasteiger partial charge in [-0.25, -0.2) is 4.98 Å². The summed E-state index contributed by atoms with van der Waals surface area (Å²) >= 11 is 0. The quantitative estimate of drug-likeness (QED) is 0.873. The Labute approximate surface area is 128 Å². The van der Waals surface area contributed by atoms with E-state index in [-0.39, 0.29) is 29.7 Å². The summed E-state index contributed by atoms with van der Waals surface area (Å²) in [6.45, 7) is 1.74. The van der Waals surface area contributed by atoms with Crippen LogP contribution < -0.4 is 5.32 Å². The molecule has 0 aromatic carbocycles. The van der Waals surface area contributed by atoms with E-state index in [1.165, 1.54) is 6.39 Å². The molecule has 2 aromatic rings. The molecule has 22 heavy (non-hydrogen) atoms. The SMILES string of the molecule is Cc1ncoc1C(=O)N[C@@H](Cc1ccccn1)C1CC(O)C1. The second-order valence-corrected chi connectivity index (χ2v) is 5.76. The minimum absolute atomic E-state index is 0.0738. The van der Waals surface area contributed by atoms with E-state index in [0.29, 0.717) is 25.0 Å². The number of rotatable bonds is 5. The van der Waals surface area contributed by atoms with Gasteiger partial charge in [0.15, 0.2) is 6.39 Å². The van der Waals surface area contributed by atoms with Crippen molar-refractivity contribution in [2.24, 2.45) is 5.92 Å². The fourth-order valence-electron chi connectivity index (χ4n) is 2.79. The molecular weight excluding hydrogens is 282 g/mol. The first-order chi connectivity index (χ1) is 10.6. The fraction of sp³-hybridized carbons (Fsp3) is 0.438. The molecular formula is C16H19N3O3. The summed E-state index contributed by atoms with van der Waals surface area (Å²) in [7, 11) is 0. The van der Waals surface area contributed by atoms with E-state index >= 15 is 0 Å². The zero-order valence-electron chi connectivity index (χ0n) is 12.4. The largest absolute Gasteiger partial charge is 0.438 e. The molecule has 6 nitrogen and oxygen atoms in total. The van der Waals surface area contributed by atoms with E-state index in [9.17, 15) is 9.90 Å². The second-order valence-electron chi connectivity index (χ2n) is 5.76. The van der Waals surface area contributed by atoms with Gasteiger partial charge in [-0.1, -0.05) is 6.07 Å². The van der Waals surface area contributed by atoms with Crippen LogP contribution in [0.3, 0.4) is 0 Å². The Morgan fingerprint density at radius 2 is 2.27 bits per heavy atom. The molecule has 0 unspecified atom stereocenters. The summed E-state index contributed by atoms with van der Waals surface area (Å²) in [6, 6.07) is 5.66. The van der Waals surface area contributed by atoms with Crippen molar-refractivity contribution in [2.45, 2.75) is 38.3 Å². The van der Waals surface area contributed by atoms with E-state index in [1.54, 1.807) is 13.1 Å². The molecule has 3 rings (SSSR count). The standard InChI is InChI=1S/C16H19N3O3/c1-10-15(22-9-18-10)16(21)19-14(11-6-13(20)7-11)8-12-4-2-3-5-17-12/h2-5,9,11,13-14,20H,6-8H2,1H3,(H,19,21)/t11?,13?,14-/m0/s1. The Morgan fingerprint density at radius 3 is 2.86 bits per heavy atom. The van der Waals surface area contributed by atoms with Crippen LogP contribution >= 0.6 is 0 Å². The second kappa shape index (κ2) is 6.27. The van der Waals surface area contributed by atoms with Crippen LogP contribution in [0.4, 0.5) is 0 Å². The molecule has 1 saturated carbocycles. The fourth-order valence-corrected chi connectivity index (χ4v) is 2.79. The van der Waals surface area contributed by atoms with E-state index in [0.717, 1.165) is 5.69 Å². The molecule has 0 aliphatic heterocycles. The number of aliphatic hydroxyl groups excluding tert-OH is 1. The van der Waals surface area contributed by atoms with Crippen molar-refractivity contribution in [1.29, 1.82) is 0 Å². The molecule has 1 aliphatic carbocycles. The van der Waals surface area contributed by atoms with Gasteiger partial charge in [0.2, 0.25) is 5.76 Å². The molecule has 1 amide bonds. The molecule has 0 saturated heterocycles. The first-order valence-corrected chi connectivity index (χ1v) is 7.42. The van der Waals surface area contributed by atoms with Crippen LogP contribution in [0, 0.1) is 12.8 Å². The van der Waals surface area contributed by atoms with Gasteiger partial charge in [-0.2, -0.15) is 0 Å². The van der Waals surface area contributed by atoms with E-state index in [2.05, 4.69) is 15.3 Å².